The number of hydrogen-bond acceptors (Lipinski definition) is 0. The fourth-order valence-corrected chi connectivity index (χ4v) is 12.2. The Morgan fingerprint density at radius 3 is 1.39 bits per heavy atom. The van der Waals surface area contributed by atoms with Gasteiger partial charge in [0.25, 0.3) is 0 Å². The van der Waals surface area contributed by atoms with E-state index in [1.807, 2.05) is 6.07 Å². The predicted molar refractivity (Wildman–Crippen MR) is 196 cm³/mol. The van der Waals surface area contributed by atoms with Crippen LogP contribution in [0, 0.1) is 6.57 Å². The van der Waals surface area contributed by atoms with E-state index in [4.69, 9.17) is 6.57 Å². The molecule has 3 heteroatoms. The largest absolute Gasteiger partial charge is 0.309 e. The molecule has 0 amide bonds. The highest BCUT2D eigenvalue weighted by atomic mass is 28.3. The summed E-state index contributed by atoms with van der Waals surface area (Å²) in [5.74, 6) is 0. The van der Waals surface area contributed by atoms with Crippen molar-refractivity contribution in [3.8, 4) is 16.8 Å². The topological polar surface area (TPSA) is 9.29 Å². The van der Waals surface area contributed by atoms with Gasteiger partial charge in [-0.3, -0.25) is 0 Å². The fraction of sp³-hybridized carbons (Fsp3) is 0. The molecule has 8 rings (SSSR count). The van der Waals surface area contributed by atoms with Gasteiger partial charge < -0.3 is 4.57 Å². The van der Waals surface area contributed by atoms with E-state index in [0.717, 1.165) is 16.8 Å². The summed E-state index contributed by atoms with van der Waals surface area (Å²) >= 11 is 0. The van der Waals surface area contributed by atoms with Gasteiger partial charge in [0.1, 0.15) is 0 Å². The lowest BCUT2D eigenvalue weighted by atomic mass is 10.0. The van der Waals surface area contributed by atoms with Crippen molar-refractivity contribution in [3.63, 3.8) is 0 Å². The average molecular weight is 603 g/mol. The van der Waals surface area contributed by atoms with Crippen molar-refractivity contribution in [2.75, 3.05) is 0 Å². The second-order valence-corrected chi connectivity index (χ2v) is 15.4. The summed E-state index contributed by atoms with van der Waals surface area (Å²) in [5, 5.41) is 7.59. The van der Waals surface area contributed by atoms with Crippen LogP contribution in [0.5, 0.6) is 0 Å². The molecule has 0 aliphatic rings. The number of aromatic nitrogens is 1. The first-order valence-electron chi connectivity index (χ1n) is 15.6. The number of hydrogen-bond donors (Lipinski definition) is 0. The molecule has 0 saturated heterocycles. The molecule has 0 spiro atoms. The first-order valence-corrected chi connectivity index (χ1v) is 17.6. The van der Waals surface area contributed by atoms with Crippen LogP contribution in [0.3, 0.4) is 0 Å². The summed E-state index contributed by atoms with van der Waals surface area (Å²) < 4.78 is 2.36. The van der Waals surface area contributed by atoms with E-state index >= 15 is 0 Å². The van der Waals surface area contributed by atoms with Crippen LogP contribution in [0.4, 0.5) is 5.69 Å². The summed E-state index contributed by atoms with van der Waals surface area (Å²) in [4.78, 5) is 3.94. The summed E-state index contributed by atoms with van der Waals surface area (Å²) in [6.45, 7) is 8.01. The second-order valence-electron chi connectivity index (χ2n) is 11.6. The van der Waals surface area contributed by atoms with E-state index in [1.54, 1.807) is 0 Å². The van der Waals surface area contributed by atoms with Crippen LogP contribution in [0.15, 0.2) is 182 Å². The van der Waals surface area contributed by atoms with Gasteiger partial charge in [0, 0.05) is 16.5 Å². The Hall–Kier alpha value is -5.95. The molecule has 0 radical (unpaired) electrons. The third kappa shape index (κ3) is 4.39. The molecule has 0 aliphatic carbocycles. The Labute approximate surface area is 270 Å². The standard InChI is InChI=1S/C43H30N2Si/c1-44-33-27-30-38(32-25-28-34(29-26-32)45-41-23-13-11-21-39(41)40-22-12-14-24-42(40)45)43(31-33)46(35-15-5-2-6-16-35,36-17-7-3-8-18-36)37-19-9-4-10-20-37/h2-31H. The molecule has 1 heterocycles. The molecule has 0 N–H and O–H groups in total. The maximum atomic E-state index is 8.01. The van der Waals surface area contributed by atoms with Crippen LogP contribution in [0.2, 0.25) is 0 Å². The molecule has 8 aromatic rings. The van der Waals surface area contributed by atoms with Crippen LogP contribution in [0.1, 0.15) is 0 Å². The zero-order valence-electron chi connectivity index (χ0n) is 25.2. The van der Waals surface area contributed by atoms with Crippen molar-refractivity contribution in [2.24, 2.45) is 0 Å². The Bertz CT molecular complexity index is 2200. The number of fused-ring (bicyclic) bond motifs is 3. The van der Waals surface area contributed by atoms with Crippen LogP contribution in [-0.4, -0.2) is 12.6 Å². The molecule has 46 heavy (non-hydrogen) atoms. The number of rotatable bonds is 6. The Morgan fingerprint density at radius 1 is 0.457 bits per heavy atom. The summed E-state index contributed by atoms with van der Waals surface area (Å²) in [5.41, 5.74) is 6.46. The summed E-state index contributed by atoms with van der Waals surface area (Å²) in [6, 6.07) is 65.2. The van der Waals surface area contributed by atoms with E-state index < -0.39 is 8.07 Å². The third-order valence-corrected chi connectivity index (χ3v) is 14.0. The lowest BCUT2D eigenvalue weighted by Crippen LogP contribution is -2.75. The molecule has 1 aromatic heterocycles. The van der Waals surface area contributed by atoms with Crippen molar-refractivity contribution < 1.29 is 0 Å². The van der Waals surface area contributed by atoms with Gasteiger partial charge >= 0.3 is 0 Å². The van der Waals surface area contributed by atoms with Gasteiger partial charge in [-0.1, -0.05) is 158 Å². The van der Waals surface area contributed by atoms with Crippen LogP contribution < -0.4 is 20.7 Å². The van der Waals surface area contributed by atoms with E-state index in [1.165, 1.54) is 42.6 Å². The van der Waals surface area contributed by atoms with Gasteiger partial charge in [0.05, 0.1) is 17.6 Å². The molecule has 0 unspecified atom stereocenters. The zero-order valence-corrected chi connectivity index (χ0v) is 26.2. The third-order valence-electron chi connectivity index (χ3n) is 9.17. The highest BCUT2D eigenvalue weighted by molar-refractivity contribution is 7.20. The van der Waals surface area contributed by atoms with Crippen molar-refractivity contribution in [2.45, 2.75) is 0 Å². The van der Waals surface area contributed by atoms with Crippen molar-refractivity contribution in [1.82, 2.24) is 4.57 Å². The molecule has 0 saturated carbocycles. The minimum atomic E-state index is -2.86. The summed E-state index contributed by atoms with van der Waals surface area (Å²) in [6.07, 6.45) is 0. The van der Waals surface area contributed by atoms with Crippen molar-refractivity contribution in [1.29, 1.82) is 0 Å². The SMILES string of the molecule is [C-]#[N+]c1ccc(-c2ccc(-n3c4ccccc4c4ccccc43)cc2)c([Si](c2ccccc2)(c2ccccc2)c2ccccc2)c1. The van der Waals surface area contributed by atoms with E-state index in [2.05, 4.69) is 185 Å². The molecule has 0 bridgehead atoms. The quantitative estimate of drug-likeness (QED) is 0.103. The highest BCUT2D eigenvalue weighted by Gasteiger charge is 2.43. The molecular formula is C43H30N2Si. The first kappa shape index (κ1) is 27.6. The van der Waals surface area contributed by atoms with E-state index in [-0.39, 0.29) is 0 Å². The number of benzene rings is 7. The fourth-order valence-electron chi connectivity index (χ4n) is 7.19. The van der Waals surface area contributed by atoms with Gasteiger partial charge in [-0.2, -0.15) is 0 Å². The smallest absolute Gasteiger partial charge is 0.187 e. The lowest BCUT2D eigenvalue weighted by Gasteiger charge is -2.36. The Balaban J connectivity index is 1.39. The summed E-state index contributed by atoms with van der Waals surface area (Å²) in [7, 11) is -2.86. The van der Waals surface area contributed by atoms with Crippen molar-refractivity contribution in [3.05, 3.63) is 193 Å². The molecular weight excluding hydrogens is 573 g/mol. The molecule has 216 valence electrons. The highest BCUT2D eigenvalue weighted by Crippen LogP contribution is 2.33. The molecule has 0 fully saturated rings. The van der Waals surface area contributed by atoms with E-state index in [9.17, 15) is 0 Å². The van der Waals surface area contributed by atoms with Gasteiger partial charge in [-0.15, -0.1) is 0 Å². The van der Waals surface area contributed by atoms with Crippen LogP contribution in [0.25, 0.3) is 43.5 Å². The van der Waals surface area contributed by atoms with Gasteiger partial charge in [0.2, 0.25) is 0 Å². The monoisotopic (exact) mass is 602 g/mol. The van der Waals surface area contributed by atoms with Gasteiger partial charge in [-0.25, -0.2) is 4.85 Å². The van der Waals surface area contributed by atoms with Gasteiger partial charge in [-0.05, 0) is 56.1 Å². The second kappa shape index (κ2) is 11.5. The normalized spacial score (nSPS) is 11.5. The molecule has 2 nitrogen and oxygen atoms in total. The number of para-hydroxylation sites is 2. The molecule has 0 aliphatic heterocycles. The van der Waals surface area contributed by atoms with Crippen molar-refractivity contribution >= 4 is 56.3 Å². The minimum absolute atomic E-state index is 0.653. The number of nitrogens with zero attached hydrogens (tertiary/aromatic N) is 2. The minimum Gasteiger partial charge on any atom is -0.309 e. The van der Waals surface area contributed by atoms with E-state index in [0.29, 0.717) is 5.69 Å². The molecule has 7 aromatic carbocycles. The zero-order chi connectivity index (χ0) is 30.9. The van der Waals surface area contributed by atoms with Crippen LogP contribution in [-0.2, 0) is 0 Å². The maximum absolute atomic E-state index is 8.01. The predicted octanol–water partition coefficient (Wildman–Crippen LogP) is 8.38. The average Bonchev–Trinajstić information content (AvgIpc) is 3.48. The lowest BCUT2D eigenvalue weighted by molar-refractivity contribution is 1.18. The Kier molecular flexibility index (Phi) is 6.91. The Morgan fingerprint density at radius 2 is 0.913 bits per heavy atom. The molecule has 0 atom stereocenters. The van der Waals surface area contributed by atoms with Gasteiger partial charge in [0.15, 0.2) is 13.8 Å². The first-order chi connectivity index (χ1) is 22.8. The maximum Gasteiger partial charge on any atom is 0.187 e. The van der Waals surface area contributed by atoms with Crippen LogP contribution >= 0.6 is 0 Å².